The SMILES string of the molecule is CSCCC(NC(=O)c1ccc(Cl)cc1Cl)C(=O)OCc1ccccc1. The topological polar surface area (TPSA) is 55.4 Å². The van der Waals surface area contributed by atoms with Gasteiger partial charge in [0.1, 0.15) is 12.6 Å². The van der Waals surface area contributed by atoms with E-state index in [2.05, 4.69) is 5.32 Å². The number of thioether (sulfide) groups is 1. The Morgan fingerprint density at radius 1 is 1.15 bits per heavy atom. The first kappa shape index (κ1) is 20.6. The first-order chi connectivity index (χ1) is 12.5. The van der Waals surface area contributed by atoms with Crippen LogP contribution >= 0.6 is 35.0 Å². The fraction of sp³-hybridized carbons (Fsp3) is 0.263. The summed E-state index contributed by atoms with van der Waals surface area (Å²) < 4.78 is 5.36. The fourth-order valence-corrected chi connectivity index (χ4v) is 3.19. The summed E-state index contributed by atoms with van der Waals surface area (Å²) in [5.41, 5.74) is 1.15. The lowest BCUT2D eigenvalue weighted by atomic mass is 10.1. The quantitative estimate of drug-likeness (QED) is 0.645. The van der Waals surface area contributed by atoms with E-state index < -0.39 is 17.9 Å². The molecule has 2 rings (SSSR count). The third-order valence-corrected chi connectivity index (χ3v) is 4.79. The molecule has 2 aromatic carbocycles. The molecule has 0 radical (unpaired) electrons. The van der Waals surface area contributed by atoms with Gasteiger partial charge in [-0.25, -0.2) is 4.79 Å². The molecule has 0 aliphatic heterocycles. The molecule has 0 heterocycles. The van der Waals surface area contributed by atoms with Gasteiger partial charge in [-0.15, -0.1) is 0 Å². The number of benzene rings is 2. The minimum absolute atomic E-state index is 0.160. The first-order valence-electron chi connectivity index (χ1n) is 7.96. The van der Waals surface area contributed by atoms with E-state index in [-0.39, 0.29) is 17.2 Å². The minimum atomic E-state index is -0.745. The molecule has 0 bridgehead atoms. The zero-order valence-corrected chi connectivity index (χ0v) is 16.5. The number of halogens is 2. The molecule has 0 spiro atoms. The Bertz CT molecular complexity index is 756. The number of ether oxygens (including phenoxy) is 1. The second-order valence-corrected chi connectivity index (χ2v) is 7.35. The highest BCUT2D eigenvalue weighted by molar-refractivity contribution is 7.98. The number of esters is 1. The van der Waals surface area contributed by atoms with Gasteiger partial charge in [0, 0.05) is 5.02 Å². The molecule has 1 amide bonds. The van der Waals surface area contributed by atoms with Gasteiger partial charge >= 0.3 is 5.97 Å². The van der Waals surface area contributed by atoms with Crippen LogP contribution in [0.2, 0.25) is 10.0 Å². The molecular formula is C19H19Cl2NO3S. The monoisotopic (exact) mass is 411 g/mol. The van der Waals surface area contributed by atoms with E-state index in [9.17, 15) is 9.59 Å². The number of carbonyl (C=O) groups excluding carboxylic acids is 2. The van der Waals surface area contributed by atoms with Crippen LogP contribution in [0.5, 0.6) is 0 Å². The second kappa shape index (κ2) is 10.5. The molecule has 4 nitrogen and oxygen atoms in total. The van der Waals surface area contributed by atoms with Crippen molar-refractivity contribution in [2.24, 2.45) is 0 Å². The predicted molar refractivity (Wildman–Crippen MR) is 107 cm³/mol. The lowest BCUT2D eigenvalue weighted by molar-refractivity contribution is -0.147. The molecule has 0 aliphatic carbocycles. The van der Waals surface area contributed by atoms with Crippen molar-refractivity contribution in [2.45, 2.75) is 19.1 Å². The number of amides is 1. The molecule has 1 N–H and O–H groups in total. The van der Waals surface area contributed by atoms with Gasteiger partial charge in [-0.1, -0.05) is 53.5 Å². The Morgan fingerprint density at radius 2 is 1.88 bits per heavy atom. The van der Waals surface area contributed by atoms with Gasteiger partial charge in [-0.3, -0.25) is 4.79 Å². The van der Waals surface area contributed by atoms with Crippen LogP contribution in [0.1, 0.15) is 22.3 Å². The van der Waals surface area contributed by atoms with Crippen LogP contribution in [-0.4, -0.2) is 29.9 Å². The number of hydrogen-bond donors (Lipinski definition) is 1. The minimum Gasteiger partial charge on any atom is -0.459 e. The summed E-state index contributed by atoms with van der Waals surface area (Å²) in [6, 6.07) is 13.2. The van der Waals surface area contributed by atoms with Gasteiger partial charge < -0.3 is 10.1 Å². The van der Waals surface area contributed by atoms with E-state index in [0.717, 1.165) is 5.56 Å². The highest BCUT2D eigenvalue weighted by Crippen LogP contribution is 2.21. The molecule has 0 aromatic heterocycles. The highest BCUT2D eigenvalue weighted by Gasteiger charge is 2.23. The molecule has 7 heteroatoms. The third-order valence-electron chi connectivity index (χ3n) is 3.60. The number of nitrogens with one attached hydrogen (secondary N) is 1. The largest absolute Gasteiger partial charge is 0.459 e. The van der Waals surface area contributed by atoms with Crippen molar-refractivity contribution in [3.8, 4) is 0 Å². The maximum atomic E-state index is 12.5. The smallest absolute Gasteiger partial charge is 0.329 e. The molecular weight excluding hydrogens is 393 g/mol. The van der Waals surface area contributed by atoms with Gasteiger partial charge in [-0.2, -0.15) is 11.8 Å². The second-order valence-electron chi connectivity index (χ2n) is 5.52. The lowest BCUT2D eigenvalue weighted by Gasteiger charge is -2.18. The standard InChI is InChI=1S/C19H19Cl2NO3S/c1-26-10-9-17(19(24)25-12-13-5-3-2-4-6-13)22-18(23)15-8-7-14(20)11-16(15)21/h2-8,11,17H,9-10,12H2,1H3,(H,22,23). The maximum Gasteiger partial charge on any atom is 0.329 e. The lowest BCUT2D eigenvalue weighted by Crippen LogP contribution is -2.42. The molecule has 0 saturated carbocycles. The average molecular weight is 412 g/mol. The molecule has 0 fully saturated rings. The molecule has 26 heavy (non-hydrogen) atoms. The van der Waals surface area contributed by atoms with Crippen LogP contribution in [0.4, 0.5) is 0 Å². The summed E-state index contributed by atoms with van der Waals surface area (Å²) in [5, 5.41) is 3.38. The van der Waals surface area contributed by atoms with E-state index in [1.807, 2.05) is 36.6 Å². The Morgan fingerprint density at radius 3 is 2.54 bits per heavy atom. The van der Waals surface area contributed by atoms with Gasteiger partial charge in [-0.05, 0) is 42.2 Å². The summed E-state index contributed by atoms with van der Waals surface area (Å²) >= 11 is 13.5. The first-order valence-corrected chi connectivity index (χ1v) is 10.1. The van der Waals surface area contributed by atoms with Crippen LogP contribution in [-0.2, 0) is 16.1 Å². The third kappa shape index (κ3) is 6.24. The maximum absolute atomic E-state index is 12.5. The predicted octanol–water partition coefficient (Wildman–Crippen LogP) is 4.59. The van der Waals surface area contributed by atoms with Crippen molar-refractivity contribution in [3.05, 3.63) is 69.7 Å². The summed E-state index contributed by atoms with van der Waals surface area (Å²) in [6.45, 7) is 0.160. The number of carbonyl (C=O) groups is 2. The summed E-state index contributed by atoms with van der Waals surface area (Å²) in [6.07, 6.45) is 2.40. The van der Waals surface area contributed by atoms with E-state index in [0.29, 0.717) is 17.2 Å². The van der Waals surface area contributed by atoms with Crippen LogP contribution < -0.4 is 5.32 Å². The van der Waals surface area contributed by atoms with Crippen LogP contribution in [0.3, 0.4) is 0 Å². The Balaban J connectivity index is 2.03. The Labute approximate surface area is 167 Å². The van der Waals surface area contributed by atoms with Crippen molar-refractivity contribution >= 4 is 46.8 Å². The molecule has 1 unspecified atom stereocenters. The van der Waals surface area contributed by atoms with Crippen LogP contribution in [0.25, 0.3) is 0 Å². The molecule has 0 saturated heterocycles. The van der Waals surface area contributed by atoms with Gasteiger partial charge in [0.15, 0.2) is 0 Å². The van der Waals surface area contributed by atoms with Gasteiger partial charge in [0.25, 0.3) is 5.91 Å². The summed E-state index contributed by atoms with van der Waals surface area (Å²) in [5.74, 6) is -0.199. The van der Waals surface area contributed by atoms with E-state index in [1.165, 1.54) is 12.1 Å². The highest BCUT2D eigenvalue weighted by atomic mass is 35.5. The zero-order valence-electron chi connectivity index (χ0n) is 14.2. The Kier molecular flexibility index (Phi) is 8.29. The van der Waals surface area contributed by atoms with Crippen LogP contribution in [0, 0.1) is 0 Å². The van der Waals surface area contributed by atoms with E-state index in [1.54, 1.807) is 17.8 Å². The van der Waals surface area contributed by atoms with E-state index >= 15 is 0 Å². The van der Waals surface area contributed by atoms with Crippen molar-refractivity contribution in [1.82, 2.24) is 5.32 Å². The van der Waals surface area contributed by atoms with Crippen LogP contribution in [0.15, 0.2) is 48.5 Å². The van der Waals surface area contributed by atoms with Crippen molar-refractivity contribution in [2.75, 3.05) is 12.0 Å². The van der Waals surface area contributed by atoms with Gasteiger partial charge in [0.05, 0.1) is 10.6 Å². The Hall–Kier alpha value is -1.69. The summed E-state index contributed by atoms with van der Waals surface area (Å²) in [4.78, 5) is 24.9. The molecule has 2 aromatic rings. The molecule has 1 atom stereocenters. The molecule has 138 valence electrons. The number of hydrogen-bond acceptors (Lipinski definition) is 4. The summed E-state index contributed by atoms with van der Waals surface area (Å²) in [7, 11) is 0. The number of rotatable bonds is 8. The fourth-order valence-electron chi connectivity index (χ4n) is 2.22. The van der Waals surface area contributed by atoms with E-state index in [4.69, 9.17) is 27.9 Å². The molecule has 0 aliphatic rings. The van der Waals surface area contributed by atoms with Crippen molar-refractivity contribution in [3.63, 3.8) is 0 Å². The average Bonchev–Trinajstić information content (AvgIpc) is 2.63. The zero-order chi connectivity index (χ0) is 18.9. The normalized spacial score (nSPS) is 11.7. The van der Waals surface area contributed by atoms with Gasteiger partial charge in [0.2, 0.25) is 0 Å². The van der Waals surface area contributed by atoms with Crippen molar-refractivity contribution in [1.29, 1.82) is 0 Å². The van der Waals surface area contributed by atoms with Crippen molar-refractivity contribution < 1.29 is 14.3 Å².